The van der Waals surface area contributed by atoms with Crippen LogP contribution >= 0.6 is 11.6 Å². The van der Waals surface area contributed by atoms with Crippen LogP contribution in [0.4, 0.5) is 0 Å². The highest BCUT2D eigenvalue weighted by Gasteiger charge is 2.05. The molecule has 13 heavy (non-hydrogen) atoms. The van der Waals surface area contributed by atoms with E-state index >= 15 is 0 Å². The molecule has 4 heteroatoms. The summed E-state index contributed by atoms with van der Waals surface area (Å²) >= 11 is 4.64. The summed E-state index contributed by atoms with van der Waals surface area (Å²) in [4.78, 5) is 15.8. The summed E-state index contributed by atoms with van der Waals surface area (Å²) in [7, 11) is 3.36. The fraction of sp³-hybridized carbons (Fsp3) is 0.667. The second-order valence-electron chi connectivity index (χ2n) is 2.49. The lowest BCUT2D eigenvalue weighted by Gasteiger charge is -2.09. The monoisotopic (exact) mass is 207 g/mol. The van der Waals surface area contributed by atoms with E-state index in [1.807, 2.05) is 13.0 Å². The van der Waals surface area contributed by atoms with Gasteiger partial charge in [-0.25, -0.2) is 4.79 Å². The molecule has 0 aliphatic rings. The first kappa shape index (κ1) is 15.0. The molecule has 78 valence electrons. The number of hydrogen-bond donors (Lipinski definition) is 0. The maximum atomic E-state index is 11.0. The van der Waals surface area contributed by atoms with Crippen molar-refractivity contribution in [2.24, 2.45) is 0 Å². The normalized spacial score (nSPS) is 10.5. The Morgan fingerprint density at radius 2 is 1.92 bits per heavy atom. The molecule has 0 unspecified atom stereocenters. The Hall–Kier alpha value is -0.540. The van der Waals surface area contributed by atoms with Gasteiger partial charge in [0.25, 0.3) is 0 Å². The van der Waals surface area contributed by atoms with E-state index in [2.05, 4.69) is 11.6 Å². The summed E-state index contributed by atoms with van der Waals surface area (Å²) < 4.78 is 0. The number of hydrogen-bond acceptors (Lipinski definition) is 3. The number of carbonyl (C=O) groups excluding carboxylic acids is 1. The fourth-order valence-corrected chi connectivity index (χ4v) is 0.627. The van der Waals surface area contributed by atoms with Gasteiger partial charge < -0.3 is 4.84 Å². The summed E-state index contributed by atoms with van der Waals surface area (Å²) in [5.41, 5.74) is 0.654. The molecule has 3 nitrogen and oxygen atoms in total. The maximum Gasteiger partial charge on any atom is 0.352 e. The van der Waals surface area contributed by atoms with Crippen LogP contribution in [0.25, 0.3) is 0 Å². The van der Waals surface area contributed by atoms with Gasteiger partial charge in [-0.05, 0) is 13.3 Å². The number of carbonyl (C=O) groups is 1. The molecule has 0 aliphatic carbocycles. The molecule has 0 saturated heterocycles. The van der Waals surface area contributed by atoms with E-state index in [9.17, 15) is 4.79 Å². The zero-order chi connectivity index (χ0) is 10.9. The predicted octanol–water partition coefficient (Wildman–Crippen LogP) is 2.22. The molecule has 0 N–H and O–H groups in total. The third-order valence-corrected chi connectivity index (χ3v) is 1.10. The quantitative estimate of drug-likeness (QED) is 0.404. The van der Waals surface area contributed by atoms with Gasteiger partial charge in [-0.3, -0.25) is 0 Å². The van der Waals surface area contributed by atoms with Crippen molar-refractivity contribution in [3.63, 3.8) is 0 Å². The topological polar surface area (TPSA) is 29.5 Å². The molecule has 0 radical (unpaired) electrons. The second kappa shape index (κ2) is 9.55. The van der Waals surface area contributed by atoms with Crippen molar-refractivity contribution in [3.05, 3.63) is 11.6 Å². The van der Waals surface area contributed by atoms with Gasteiger partial charge in [-0.15, -0.1) is 16.7 Å². The van der Waals surface area contributed by atoms with Crippen molar-refractivity contribution in [1.82, 2.24) is 5.06 Å². The summed E-state index contributed by atoms with van der Waals surface area (Å²) in [5, 5.41) is 1.38. The molecule has 0 amide bonds. The lowest BCUT2D eigenvalue weighted by molar-refractivity contribution is -0.172. The second-order valence-corrected chi connectivity index (χ2v) is 2.49. The summed E-state index contributed by atoms with van der Waals surface area (Å²) in [5.74, 6) is -0.281. The van der Waals surface area contributed by atoms with Crippen LogP contribution in [-0.4, -0.2) is 31.5 Å². The number of halogens is 1. The summed E-state index contributed by atoms with van der Waals surface area (Å²) in [6.45, 7) is 3.72. The van der Waals surface area contributed by atoms with Crippen LogP contribution < -0.4 is 0 Å². The molecule has 0 rings (SSSR count). The van der Waals surface area contributed by atoms with Crippen molar-refractivity contribution < 1.29 is 9.63 Å². The van der Waals surface area contributed by atoms with E-state index in [4.69, 9.17) is 4.84 Å². The number of hydroxylamine groups is 2. The number of alkyl halides is 1. The van der Waals surface area contributed by atoms with Crippen molar-refractivity contribution in [2.75, 3.05) is 20.5 Å². The number of nitrogens with zero attached hydrogens (tertiary/aromatic N) is 1. The van der Waals surface area contributed by atoms with E-state index in [-0.39, 0.29) is 5.97 Å². The van der Waals surface area contributed by atoms with Gasteiger partial charge in [0, 0.05) is 26.1 Å². The highest BCUT2D eigenvalue weighted by atomic mass is 35.5. The molecule has 0 atom stereocenters. The fourth-order valence-electron chi connectivity index (χ4n) is 0.627. The molecule has 0 aliphatic heterocycles. The van der Waals surface area contributed by atoms with Crippen LogP contribution in [0.15, 0.2) is 11.6 Å². The van der Waals surface area contributed by atoms with Crippen molar-refractivity contribution in [1.29, 1.82) is 0 Å². The molecule has 0 spiro atoms. The zero-order valence-corrected chi connectivity index (χ0v) is 9.68. The van der Waals surface area contributed by atoms with E-state index in [1.54, 1.807) is 21.0 Å². The molecule has 0 aromatic rings. The van der Waals surface area contributed by atoms with Gasteiger partial charge in [0.05, 0.1) is 0 Å². The van der Waals surface area contributed by atoms with Crippen LogP contribution in [0.2, 0.25) is 0 Å². The molecule has 0 heterocycles. The summed E-state index contributed by atoms with van der Waals surface area (Å²) in [6, 6.07) is 0. The van der Waals surface area contributed by atoms with Crippen LogP contribution in [0, 0.1) is 0 Å². The van der Waals surface area contributed by atoms with Crippen LogP contribution in [-0.2, 0) is 9.63 Å². The Kier molecular flexibility index (Phi) is 11.0. The molecule has 0 aromatic carbocycles. The average Bonchev–Trinajstić information content (AvgIpc) is 2.07. The highest BCUT2D eigenvalue weighted by molar-refractivity contribution is 6.15. The van der Waals surface area contributed by atoms with Crippen LogP contribution in [0.5, 0.6) is 0 Å². The van der Waals surface area contributed by atoms with Crippen LogP contribution in [0.3, 0.4) is 0 Å². The first-order chi connectivity index (χ1) is 6.07. The van der Waals surface area contributed by atoms with E-state index < -0.39 is 0 Å². The molecular weight excluding hydrogens is 190 g/mol. The van der Waals surface area contributed by atoms with Gasteiger partial charge in [0.1, 0.15) is 0 Å². The van der Waals surface area contributed by atoms with Gasteiger partial charge in [-0.1, -0.05) is 13.0 Å². The standard InChI is InChI=1S/C8H15NO2.CH3Cl/c1-5-6-7(2)8(10)11-9(3)4;1-2/h6H,5H2,1-4H3;1H3. The van der Waals surface area contributed by atoms with Crippen molar-refractivity contribution >= 4 is 17.6 Å². The average molecular weight is 208 g/mol. The van der Waals surface area contributed by atoms with Gasteiger partial charge in [-0.2, -0.15) is 0 Å². The molecule has 0 saturated carbocycles. The molecule has 0 fully saturated rings. The van der Waals surface area contributed by atoms with E-state index in [1.165, 1.54) is 11.4 Å². The minimum atomic E-state index is -0.281. The number of allylic oxidation sites excluding steroid dienone is 1. The third-order valence-electron chi connectivity index (χ3n) is 1.10. The van der Waals surface area contributed by atoms with Gasteiger partial charge in [0.15, 0.2) is 0 Å². The van der Waals surface area contributed by atoms with E-state index in [0.29, 0.717) is 5.57 Å². The Bertz CT molecular complexity index is 167. The van der Waals surface area contributed by atoms with Gasteiger partial charge >= 0.3 is 5.97 Å². The largest absolute Gasteiger partial charge is 0.365 e. The number of rotatable bonds is 3. The Morgan fingerprint density at radius 1 is 1.46 bits per heavy atom. The molecule has 0 aromatic heterocycles. The maximum absolute atomic E-state index is 11.0. The Labute approximate surface area is 85.3 Å². The Balaban J connectivity index is 0. The minimum Gasteiger partial charge on any atom is -0.365 e. The van der Waals surface area contributed by atoms with E-state index in [0.717, 1.165) is 6.42 Å². The molecule has 0 bridgehead atoms. The first-order valence-corrected chi connectivity index (χ1v) is 4.77. The molecular formula is C9H18ClNO2. The summed E-state index contributed by atoms with van der Waals surface area (Å²) in [6.07, 6.45) is 4.17. The predicted molar refractivity (Wildman–Crippen MR) is 55.6 cm³/mol. The third kappa shape index (κ3) is 9.37. The lowest BCUT2D eigenvalue weighted by Crippen LogP contribution is -2.18. The first-order valence-electron chi connectivity index (χ1n) is 4.02. The van der Waals surface area contributed by atoms with Gasteiger partial charge in [0.2, 0.25) is 0 Å². The SMILES string of the molecule is CCC=C(C)C(=O)ON(C)C.CCl. The smallest absolute Gasteiger partial charge is 0.352 e. The lowest BCUT2D eigenvalue weighted by atomic mass is 10.2. The van der Waals surface area contributed by atoms with Crippen LogP contribution in [0.1, 0.15) is 20.3 Å². The van der Waals surface area contributed by atoms with Crippen molar-refractivity contribution in [3.8, 4) is 0 Å². The van der Waals surface area contributed by atoms with Crippen molar-refractivity contribution in [2.45, 2.75) is 20.3 Å². The highest BCUT2D eigenvalue weighted by Crippen LogP contribution is 1.98. The zero-order valence-electron chi connectivity index (χ0n) is 8.93. The Morgan fingerprint density at radius 3 is 2.23 bits per heavy atom. The minimum absolute atomic E-state index is 0.281.